The molecule has 1 heterocycles. The highest BCUT2D eigenvalue weighted by atomic mass is 32.1. The van der Waals surface area contributed by atoms with Gasteiger partial charge in [-0.15, -0.1) is 0 Å². The molecule has 0 atom stereocenters. The first-order valence-electron chi connectivity index (χ1n) is 6.10. The van der Waals surface area contributed by atoms with Crippen molar-refractivity contribution in [3.05, 3.63) is 64.8 Å². The van der Waals surface area contributed by atoms with E-state index in [0.29, 0.717) is 11.2 Å². The number of para-hydroxylation sites is 2. The van der Waals surface area contributed by atoms with Crippen LogP contribution in [-0.4, -0.2) is 9.97 Å². The Hall–Kier alpha value is -2.20. The van der Waals surface area contributed by atoms with E-state index < -0.39 is 0 Å². The SMILES string of the molecule is S=c1[nH]c2ccccc2nc1NCc1ccccc1. The number of aromatic nitrogens is 2. The van der Waals surface area contributed by atoms with E-state index in [2.05, 4.69) is 27.4 Å². The maximum absolute atomic E-state index is 5.31. The van der Waals surface area contributed by atoms with E-state index in [0.717, 1.165) is 16.9 Å². The zero-order chi connectivity index (χ0) is 13.1. The van der Waals surface area contributed by atoms with Crippen molar-refractivity contribution in [1.82, 2.24) is 9.97 Å². The fourth-order valence-electron chi connectivity index (χ4n) is 1.93. The number of anilines is 1. The zero-order valence-electron chi connectivity index (χ0n) is 10.3. The molecule has 0 aliphatic carbocycles. The highest BCUT2D eigenvalue weighted by Crippen LogP contribution is 2.14. The molecule has 0 saturated heterocycles. The molecule has 4 heteroatoms. The van der Waals surface area contributed by atoms with Crippen LogP contribution in [-0.2, 0) is 6.54 Å². The number of benzene rings is 2. The second-order valence-electron chi connectivity index (χ2n) is 4.27. The Bertz CT molecular complexity index is 750. The van der Waals surface area contributed by atoms with E-state index in [1.54, 1.807) is 0 Å². The lowest BCUT2D eigenvalue weighted by atomic mass is 10.2. The van der Waals surface area contributed by atoms with Crippen LogP contribution in [0.4, 0.5) is 5.82 Å². The van der Waals surface area contributed by atoms with E-state index in [1.807, 2.05) is 42.5 Å². The van der Waals surface area contributed by atoms with Gasteiger partial charge in [-0.3, -0.25) is 0 Å². The molecule has 0 radical (unpaired) electrons. The Labute approximate surface area is 116 Å². The average molecular weight is 267 g/mol. The van der Waals surface area contributed by atoms with Gasteiger partial charge in [0.05, 0.1) is 11.0 Å². The highest BCUT2D eigenvalue weighted by molar-refractivity contribution is 7.71. The number of rotatable bonds is 3. The maximum atomic E-state index is 5.31. The molecule has 3 aromatic rings. The van der Waals surface area contributed by atoms with Gasteiger partial charge in [-0.05, 0) is 17.7 Å². The Kier molecular flexibility index (Phi) is 3.25. The Morgan fingerprint density at radius 2 is 1.74 bits per heavy atom. The van der Waals surface area contributed by atoms with Crippen molar-refractivity contribution >= 4 is 29.1 Å². The van der Waals surface area contributed by atoms with E-state index >= 15 is 0 Å². The number of aromatic amines is 1. The summed E-state index contributed by atoms with van der Waals surface area (Å²) in [4.78, 5) is 7.73. The van der Waals surface area contributed by atoms with Crippen LogP contribution in [0.15, 0.2) is 54.6 Å². The topological polar surface area (TPSA) is 40.7 Å². The summed E-state index contributed by atoms with van der Waals surface area (Å²) >= 11 is 5.31. The van der Waals surface area contributed by atoms with Crippen molar-refractivity contribution in [2.45, 2.75) is 6.54 Å². The number of hydrogen-bond acceptors (Lipinski definition) is 3. The van der Waals surface area contributed by atoms with Gasteiger partial charge in [0.1, 0.15) is 4.64 Å². The van der Waals surface area contributed by atoms with Gasteiger partial charge < -0.3 is 10.3 Å². The van der Waals surface area contributed by atoms with E-state index in [9.17, 15) is 0 Å². The summed E-state index contributed by atoms with van der Waals surface area (Å²) in [6.07, 6.45) is 0. The molecule has 0 saturated carbocycles. The fraction of sp³-hybridized carbons (Fsp3) is 0.0667. The van der Waals surface area contributed by atoms with Crippen LogP contribution < -0.4 is 5.32 Å². The number of hydrogen-bond donors (Lipinski definition) is 2. The Morgan fingerprint density at radius 1 is 1.00 bits per heavy atom. The molecular formula is C15H13N3S. The molecule has 19 heavy (non-hydrogen) atoms. The molecule has 1 aromatic heterocycles. The molecule has 2 aromatic carbocycles. The molecule has 0 aliphatic heterocycles. The lowest BCUT2D eigenvalue weighted by Crippen LogP contribution is -2.03. The molecule has 94 valence electrons. The summed E-state index contributed by atoms with van der Waals surface area (Å²) in [5, 5.41) is 3.27. The minimum atomic E-state index is 0.634. The quantitative estimate of drug-likeness (QED) is 0.707. The lowest BCUT2D eigenvalue weighted by Gasteiger charge is -2.07. The van der Waals surface area contributed by atoms with Crippen molar-refractivity contribution in [2.75, 3.05) is 5.32 Å². The normalized spacial score (nSPS) is 10.5. The van der Waals surface area contributed by atoms with Crippen LogP contribution in [0.3, 0.4) is 0 Å². The van der Waals surface area contributed by atoms with Gasteiger partial charge in [0.15, 0.2) is 5.82 Å². The first-order chi connectivity index (χ1) is 9.33. The Morgan fingerprint density at radius 3 is 2.58 bits per heavy atom. The molecule has 0 bridgehead atoms. The minimum Gasteiger partial charge on any atom is -0.364 e. The number of nitrogens with one attached hydrogen (secondary N) is 2. The molecular weight excluding hydrogens is 254 g/mol. The predicted octanol–water partition coefficient (Wildman–Crippen LogP) is 3.90. The molecule has 0 aliphatic rings. The molecule has 0 unspecified atom stereocenters. The van der Waals surface area contributed by atoms with Crippen LogP contribution in [0.25, 0.3) is 11.0 Å². The predicted molar refractivity (Wildman–Crippen MR) is 80.7 cm³/mol. The minimum absolute atomic E-state index is 0.634. The van der Waals surface area contributed by atoms with Crippen LogP contribution in [0.1, 0.15) is 5.56 Å². The monoisotopic (exact) mass is 267 g/mol. The average Bonchev–Trinajstić information content (AvgIpc) is 2.46. The second-order valence-corrected chi connectivity index (χ2v) is 4.68. The second kappa shape index (κ2) is 5.20. The van der Waals surface area contributed by atoms with Crippen molar-refractivity contribution < 1.29 is 0 Å². The number of nitrogens with zero attached hydrogens (tertiary/aromatic N) is 1. The molecule has 3 nitrogen and oxygen atoms in total. The number of fused-ring (bicyclic) bond motifs is 1. The van der Waals surface area contributed by atoms with Crippen LogP contribution in [0, 0.1) is 4.64 Å². The fourth-order valence-corrected chi connectivity index (χ4v) is 2.16. The lowest BCUT2D eigenvalue weighted by molar-refractivity contribution is 1.10. The molecule has 3 rings (SSSR count). The maximum Gasteiger partial charge on any atom is 0.162 e. The van der Waals surface area contributed by atoms with Crippen LogP contribution in [0.2, 0.25) is 0 Å². The van der Waals surface area contributed by atoms with Gasteiger partial charge in [0.25, 0.3) is 0 Å². The third-order valence-corrected chi connectivity index (χ3v) is 3.20. The van der Waals surface area contributed by atoms with Crippen molar-refractivity contribution in [2.24, 2.45) is 0 Å². The summed E-state index contributed by atoms with van der Waals surface area (Å²) in [5.41, 5.74) is 3.07. The van der Waals surface area contributed by atoms with E-state index in [4.69, 9.17) is 12.2 Å². The standard InChI is InChI=1S/C15H13N3S/c19-15-14(16-10-11-6-2-1-3-7-11)17-12-8-4-5-9-13(12)18-15/h1-9H,10H2,(H,16,17)(H,18,19). The first kappa shape index (κ1) is 11.9. The van der Waals surface area contributed by atoms with Crippen LogP contribution in [0.5, 0.6) is 0 Å². The summed E-state index contributed by atoms with van der Waals surface area (Å²) in [6, 6.07) is 18.1. The third kappa shape index (κ3) is 2.63. The van der Waals surface area contributed by atoms with Crippen molar-refractivity contribution in [3.8, 4) is 0 Å². The van der Waals surface area contributed by atoms with Gasteiger partial charge in [0.2, 0.25) is 0 Å². The Balaban J connectivity index is 1.89. The molecule has 0 fully saturated rings. The van der Waals surface area contributed by atoms with Gasteiger partial charge in [-0.2, -0.15) is 0 Å². The number of H-pyrrole nitrogens is 1. The van der Waals surface area contributed by atoms with Crippen molar-refractivity contribution in [3.63, 3.8) is 0 Å². The van der Waals surface area contributed by atoms with E-state index in [-0.39, 0.29) is 0 Å². The van der Waals surface area contributed by atoms with Crippen LogP contribution >= 0.6 is 12.2 Å². The van der Waals surface area contributed by atoms with Gasteiger partial charge in [-0.25, -0.2) is 4.98 Å². The summed E-state index contributed by atoms with van der Waals surface area (Å²) < 4.78 is 0.634. The van der Waals surface area contributed by atoms with Gasteiger partial charge in [0, 0.05) is 6.54 Å². The largest absolute Gasteiger partial charge is 0.364 e. The van der Waals surface area contributed by atoms with Crippen molar-refractivity contribution in [1.29, 1.82) is 0 Å². The molecule has 0 spiro atoms. The first-order valence-corrected chi connectivity index (χ1v) is 6.50. The summed E-state index contributed by atoms with van der Waals surface area (Å²) in [7, 11) is 0. The highest BCUT2D eigenvalue weighted by Gasteiger charge is 2.01. The van der Waals surface area contributed by atoms with E-state index in [1.165, 1.54) is 5.56 Å². The molecule has 2 N–H and O–H groups in total. The summed E-state index contributed by atoms with van der Waals surface area (Å²) in [6.45, 7) is 0.712. The summed E-state index contributed by atoms with van der Waals surface area (Å²) in [5.74, 6) is 0.720. The smallest absolute Gasteiger partial charge is 0.162 e. The van der Waals surface area contributed by atoms with Gasteiger partial charge >= 0.3 is 0 Å². The zero-order valence-corrected chi connectivity index (χ0v) is 11.1. The van der Waals surface area contributed by atoms with Gasteiger partial charge in [-0.1, -0.05) is 54.7 Å². The third-order valence-electron chi connectivity index (χ3n) is 2.90. The molecule has 0 amide bonds.